The molecule has 0 fully saturated rings. The van der Waals surface area contributed by atoms with E-state index in [1.807, 2.05) is 37.6 Å². The molecule has 0 unspecified atom stereocenters. The van der Waals surface area contributed by atoms with Gasteiger partial charge < -0.3 is 19.8 Å². The lowest BCUT2D eigenvalue weighted by molar-refractivity contribution is 0.171. The summed E-state index contributed by atoms with van der Waals surface area (Å²) < 4.78 is 13.1. The van der Waals surface area contributed by atoms with E-state index in [1.54, 1.807) is 0 Å². The average molecular weight is 259 g/mol. The minimum absolute atomic E-state index is 0.516. The first-order valence-corrected chi connectivity index (χ1v) is 6.27. The van der Waals surface area contributed by atoms with Crippen LogP contribution in [0.2, 0.25) is 0 Å². The van der Waals surface area contributed by atoms with Gasteiger partial charge in [-0.15, -0.1) is 0 Å². The van der Waals surface area contributed by atoms with Crippen molar-refractivity contribution in [2.75, 3.05) is 18.9 Å². The Hall–Kier alpha value is -2.17. The van der Waals surface area contributed by atoms with Crippen LogP contribution in [-0.2, 0) is 7.05 Å². The lowest BCUT2D eigenvalue weighted by atomic mass is 10.0. The molecule has 1 aromatic carbocycles. The summed E-state index contributed by atoms with van der Waals surface area (Å²) >= 11 is 0. The number of hydrogen-bond acceptors (Lipinski definition) is 4. The van der Waals surface area contributed by atoms with Gasteiger partial charge in [-0.2, -0.15) is 0 Å². The second kappa shape index (κ2) is 4.19. The zero-order chi connectivity index (χ0) is 13.6. The molecule has 2 heterocycles. The molecule has 0 saturated carbocycles. The van der Waals surface area contributed by atoms with E-state index in [0.29, 0.717) is 19.2 Å². The second-order valence-corrected chi connectivity index (χ2v) is 4.77. The Balaban J connectivity index is 2.17. The normalized spacial score (nSPS) is 13.6. The summed E-state index contributed by atoms with van der Waals surface area (Å²) in [5.74, 6) is 2.09. The van der Waals surface area contributed by atoms with Crippen LogP contribution in [0, 0.1) is 13.8 Å². The summed E-state index contributed by atoms with van der Waals surface area (Å²) in [6, 6.07) is 3.98. The van der Waals surface area contributed by atoms with Crippen LogP contribution in [0.25, 0.3) is 11.3 Å². The Morgan fingerprint density at radius 1 is 1.16 bits per heavy atom. The van der Waals surface area contributed by atoms with Gasteiger partial charge in [0.05, 0.1) is 5.69 Å². The van der Waals surface area contributed by atoms with Crippen LogP contribution < -0.4 is 15.2 Å². The highest BCUT2D eigenvalue weighted by atomic mass is 16.6. The van der Waals surface area contributed by atoms with E-state index in [2.05, 4.69) is 4.98 Å². The van der Waals surface area contributed by atoms with Crippen LogP contribution in [0.15, 0.2) is 12.1 Å². The average Bonchev–Trinajstić information content (AvgIpc) is 2.66. The fraction of sp³-hybridized carbons (Fsp3) is 0.357. The molecule has 0 aliphatic carbocycles. The first kappa shape index (κ1) is 11.9. The fourth-order valence-corrected chi connectivity index (χ4v) is 2.30. The summed E-state index contributed by atoms with van der Waals surface area (Å²) in [6.45, 7) is 5.23. The van der Waals surface area contributed by atoms with Crippen molar-refractivity contribution in [2.24, 2.45) is 7.05 Å². The lowest BCUT2D eigenvalue weighted by Gasteiger charge is -2.20. The van der Waals surface area contributed by atoms with E-state index < -0.39 is 0 Å². The molecule has 0 atom stereocenters. The molecule has 3 rings (SSSR count). The van der Waals surface area contributed by atoms with Crippen molar-refractivity contribution < 1.29 is 9.47 Å². The van der Waals surface area contributed by atoms with Crippen LogP contribution in [0.5, 0.6) is 11.5 Å². The third kappa shape index (κ3) is 1.82. The molecule has 0 bridgehead atoms. The molecule has 5 heteroatoms. The number of nitrogens with zero attached hydrogens (tertiary/aromatic N) is 2. The second-order valence-electron chi connectivity index (χ2n) is 4.77. The minimum Gasteiger partial charge on any atom is -0.486 e. The van der Waals surface area contributed by atoms with Crippen LogP contribution in [0.1, 0.15) is 11.3 Å². The van der Waals surface area contributed by atoms with E-state index in [1.165, 1.54) is 0 Å². The maximum Gasteiger partial charge on any atom is 0.200 e. The van der Waals surface area contributed by atoms with Crippen LogP contribution in [0.3, 0.4) is 0 Å². The van der Waals surface area contributed by atoms with Crippen molar-refractivity contribution in [3.05, 3.63) is 23.4 Å². The number of nitrogens with two attached hydrogens (primary N) is 1. The van der Waals surface area contributed by atoms with E-state index in [9.17, 15) is 0 Å². The summed E-state index contributed by atoms with van der Waals surface area (Å²) in [6.07, 6.45) is 0. The predicted octanol–water partition coefficient (Wildman–Crippen LogP) is 2.06. The van der Waals surface area contributed by atoms with Gasteiger partial charge in [0.2, 0.25) is 5.95 Å². The predicted molar refractivity (Wildman–Crippen MR) is 73.5 cm³/mol. The molecule has 0 amide bonds. The van der Waals surface area contributed by atoms with Crippen molar-refractivity contribution in [3.8, 4) is 22.8 Å². The summed E-state index contributed by atoms with van der Waals surface area (Å²) in [5, 5.41) is 0. The van der Waals surface area contributed by atoms with E-state index in [-0.39, 0.29) is 0 Å². The number of rotatable bonds is 1. The maximum atomic E-state index is 5.86. The number of hydrogen-bond donors (Lipinski definition) is 1. The number of aromatic nitrogens is 2. The number of fused-ring (bicyclic) bond motifs is 1. The lowest BCUT2D eigenvalue weighted by Crippen LogP contribution is -2.15. The largest absolute Gasteiger partial charge is 0.486 e. The van der Waals surface area contributed by atoms with Crippen molar-refractivity contribution in [3.63, 3.8) is 0 Å². The van der Waals surface area contributed by atoms with Gasteiger partial charge in [0.1, 0.15) is 13.2 Å². The first-order valence-electron chi connectivity index (χ1n) is 6.27. The molecule has 1 aromatic heterocycles. The number of imidazole rings is 1. The van der Waals surface area contributed by atoms with Gasteiger partial charge in [-0.25, -0.2) is 4.98 Å². The van der Waals surface area contributed by atoms with Gasteiger partial charge in [-0.05, 0) is 31.5 Å². The highest BCUT2D eigenvalue weighted by molar-refractivity contribution is 5.71. The molecule has 1 aliphatic rings. The summed E-state index contributed by atoms with van der Waals surface area (Å²) in [5.41, 5.74) is 9.94. The number of anilines is 1. The van der Waals surface area contributed by atoms with Crippen molar-refractivity contribution in [1.29, 1.82) is 0 Å². The Morgan fingerprint density at radius 3 is 2.37 bits per heavy atom. The van der Waals surface area contributed by atoms with Crippen molar-refractivity contribution in [2.45, 2.75) is 13.8 Å². The standard InChI is InChI=1S/C14H17N3O2/c1-8-6-11-12(19-5-4-18-11)7-10(8)13-9(2)17(3)14(15)16-13/h6-7H,4-5H2,1-3H3,(H2,15,16). The Labute approximate surface area is 112 Å². The smallest absolute Gasteiger partial charge is 0.200 e. The van der Waals surface area contributed by atoms with Gasteiger partial charge in [-0.1, -0.05) is 0 Å². The minimum atomic E-state index is 0.516. The molecule has 1 aliphatic heterocycles. The van der Waals surface area contributed by atoms with Gasteiger partial charge in [0.25, 0.3) is 0 Å². The number of aryl methyl sites for hydroxylation is 1. The zero-order valence-electron chi connectivity index (χ0n) is 11.4. The molecule has 0 spiro atoms. The number of nitrogen functional groups attached to an aromatic ring is 1. The molecule has 100 valence electrons. The number of ether oxygens (including phenoxy) is 2. The molecule has 19 heavy (non-hydrogen) atoms. The highest BCUT2D eigenvalue weighted by Crippen LogP contribution is 2.38. The molecule has 0 radical (unpaired) electrons. The molecular weight excluding hydrogens is 242 g/mol. The Morgan fingerprint density at radius 2 is 1.79 bits per heavy atom. The van der Waals surface area contributed by atoms with E-state index >= 15 is 0 Å². The number of benzene rings is 1. The van der Waals surface area contributed by atoms with Gasteiger partial charge in [0, 0.05) is 18.3 Å². The molecule has 2 aromatic rings. The third-order valence-corrected chi connectivity index (χ3v) is 3.56. The Bertz CT molecular complexity index is 647. The van der Waals surface area contributed by atoms with Crippen LogP contribution in [0.4, 0.5) is 5.95 Å². The summed E-state index contributed by atoms with van der Waals surface area (Å²) in [4.78, 5) is 4.43. The molecule has 2 N–H and O–H groups in total. The van der Waals surface area contributed by atoms with Crippen LogP contribution >= 0.6 is 0 Å². The molecule has 0 saturated heterocycles. The van der Waals surface area contributed by atoms with Gasteiger partial charge in [-0.3, -0.25) is 0 Å². The van der Waals surface area contributed by atoms with Crippen molar-refractivity contribution in [1.82, 2.24) is 9.55 Å². The van der Waals surface area contributed by atoms with E-state index in [4.69, 9.17) is 15.2 Å². The molecular formula is C14H17N3O2. The quantitative estimate of drug-likeness (QED) is 0.851. The topological polar surface area (TPSA) is 62.3 Å². The summed E-state index contributed by atoms with van der Waals surface area (Å²) in [7, 11) is 1.91. The van der Waals surface area contributed by atoms with Crippen LogP contribution in [-0.4, -0.2) is 22.8 Å². The van der Waals surface area contributed by atoms with Gasteiger partial charge in [0.15, 0.2) is 11.5 Å². The molecule has 5 nitrogen and oxygen atoms in total. The maximum absolute atomic E-state index is 5.86. The highest BCUT2D eigenvalue weighted by Gasteiger charge is 2.18. The Kier molecular flexibility index (Phi) is 2.62. The van der Waals surface area contributed by atoms with Gasteiger partial charge >= 0.3 is 0 Å². The van der Waals surface area contributed by atoms with Crippen molar-refractivity contribution >= 4 is 5.95 Å². The monoisotopic (exact) mass is 259 g/mol. The zero-order valence-corrected chi connectivity index (χ0v) is 11.4. The first-order chi connectivity index (χ1) is 9.08. The fourth-order valence-electron chi connectivity index (χ4n) is 2.30. The van der Waals surface area contributed by atoms with E-state index in [0.717, 1.165) is 34.0 Å². The SMILES string of the molecule is Cc1cc2c(cc1-c1nc(N)n(C)c1C)OCCO2. The third-order valence-electron chi connectivity index (χ3n) is 3.56.